The van der Waals surface area contributed by atoms with E-state index in [1.165, 1.54) is 70.5 Å². The van der Waals surface area contributed by atoms with Gasteiger partial charge in [-0.25, -0.2) is 0 Å². The molecule has 0 aliphatic carbocycles. The van der Waals surface area contributed by atoms with Crippen molar-refractivity contribution in [3.63, 3.8) is 0 Å². The molecule has 0 spiro atoms. The van der Waals surface area contributed by atoms with Gasteiger partial charge in [-0.3, -0.25) is 0 Å². The lowest BCUT2D eigenvalue weighted by atomic mass is 10.1. The van der Waals surface area contributed by atoms with E-state index < -0.39 is 0 Å². The van der Waals surface area contributed by atoms with E-state index in [2.05, 4.69) is 19.6 Å². The zero-order valence-corrected chi connectivity index (χ0v) is 11.6. The predicted octanol–water partition coefficient (Wildman–Crippen LogP) is 5.97. The number of hydrogen-bond acceptors (Lipinski definition) is 1. The highest BCUT2D eigenvalue weighted by Crippen LogP contribution is 2.11. The van der Waals surface area contributed by atoms with E-state index in [1.54, 1.807) is 6.26 Å². The van der Waals surface area contributed by atoms with Crippen molar-refractivity contribution in [2.45, 2.75) is 77.6 Å². The van der Waals surface area contributed by atoms with Crippen molar-refractivity contribution >= 4 is 0 Å². The molecule has 0 fully saturated rings. The SMILES string of the molecule is C=CO/C=C/CCCCCCCCCCCC. The van der Waals surface area contributed by atoms with Crippen molar-refractivity contribution in [2.24, 2.45) is 0 Å². The Hall–Kier alpha value is -0.720. The highest BCUT2D eigenvalue weighted by Gasteiger charge is 1.91. The van der Waals surface area contributed by atoms with Gasteiger partial charge in [0.15, 0.2) is 0 Å². The first-order valence-electron chi connectivity index (χ1n) is 7.33. The molecule has 0 aromatic carbocycles. The first kappa shape index (κ1) is 16.3. The first-order chi connectivity index (χ1) is 8.41. The average Bonchev–Trinajstić information content (AvgIpc) is 2.35. The summed E-state index contributed by atoms with van der Waals surface area (Å²) in [7, 11) is 0. The van der Waals surface area contributed by atoms with Crippen LogP contribution in [0.5, 0.6) is 0 Å². The van der Waals surface area contributed by atoms with Gasteiger partial charge in [-0.2, -0.15) is 0 Å². The Balaban J connectivity index is 2.96. The van der Waals surface area contributed by atoms with E-state index in [-0.39, 0.29) is 0 Å². The summed E-state index contributed by atoms with van der Waals surface area (Å²) in [4.78, 5) is 0. The molecule has 0 saturated heterocycles. The van der Waals surface area contributed by atoms with E-state index in [1.807, 2.05) is 0 Å². The standard InChI is InChI=1S/C16H30O/c1-3-5-6-7-8-9-10-11-12-13-14-15-16-17-4-2/h4,15-16H,2-3,5-14H2,1H3/b16-15+. The second-order valence-electron chi connectivity index (χ2n) is 4.65. The van der Waals surface area contributed by atoms with Gasteiger partial charge in [0.2, 0.25) is 0 Å². The number of allylic oxidation sites excluding steroid dienone is 1. The molecule has 17 heavy (non-hydrogen) atoms. The van der Waals surface area contributed by atoms with Crippen molar-refractivity contribution in [3.05, 3.63) is 25.2 Å². The van der Waals surface area contributed by atoms with Crippen LogP contribution in [0.1, 0.15) is 77.6 Å². The Morgan fingerprint density at radius 2 is 1.35 bits per heavy atom. The lowest BCUT2D eigenvalue weighted by molar-refractivity contribution is 0.402. The Morgan fingerprint density at radius 3 is 1.88 bits per heavy atom. The molecule has 0 rings (SSSR count). The van der Waals surface area contributed by atoms with Crippen molar-refractivity contribution in [1.29, 1.82) is 0 Å². The van der Waals surface area contributed by atoms with Crippen molar-refractivity contribution in [3.8, 4) is 0 Å². The molecule has 1 heteroatoms. The summed E-state index contributed by atoms with van der Waals surface area (Å²) in [6.45, 7) is 5.75. The molecule has 0 bridgehead atoms. The summed E-state index contributed by atoms with van der Waals surface area (Å²) in [6, 6.07) is 0. The molecular weight excluding hydrogens is 208 g/mol. The molecule has 0 aliphatic heterocycles. The maximum atomic E-state index is 4.91. The summed E-state index contributed by atoms with van der Waals surface area (Å²) >= 11 is 0. The van der Waals surface area contributed by atoms with Crippen LogP contribution in [-0.4, -0.2) is 0 Å². The van der Waals surface area contributed by atoms with Gasteiger partial charge in [-0.05, 0) is 18.9 Å². The average molecular weight is 238 g/mol. The molecule has 1 nitrogen and oxygen atoms in total. The Labute approximate surface area is 108 Å². The number of ether oxygens (including phenoxy) is 1. The van der Waals surface area contributed by atoms with Crippen LogP contribution in [0.3, 0.4) is 0 Å². The lowest BCUT2D eigenvalue weighted by Crippen LogP contribution is -1.81. The number of unbranched alkanes of at least 4 members (excludes halogenated alkanes) is 10. The van der Waals surface area contributed by atoms with Crippen molar-refractivity contribution in [1.82, 2.24) is 0 Å². The van der Waals surface area contributed by atoms with Crippen LogP contribution in [0.25, 0.3) is 0 Å². The van der Waals surface area contributed by atoms with Gasteiger partial charge in [0.1, 0.15) is 0 Å². The molecule has 0 aromatic heterocycles. The number of hydrogen-bond donors (Lipinski definition) is 0. The van der Waals surface area contributed by atoms with Gasteiger partial charge in [-0.15, -0.1) is 0 Å². The van der Waals surface area contributed by atoms with Gasteiger partial charge < -0.3 is 4.74 Å². The zero-order chi connectivity index (χ0) is 12.6. The quantitative estimate of drug-likeness (QED) is 0.284. The zero-order valence-electron chi connectivity index (χ0n) is 11.6. The largest absolute Gasteiger partial charge is 0.474 e. The van der Waals surface area contributed by atoms with E-state index >= 15 is 0 Å². The molecule has 0 heterocycles. The predicted molar refractivity (Wildman–Crippen MR) is 76.9 cm³/mol. The smallest absolute Gasteiger partial charge is 0.0861 e. The van der Waals surface area contributed by atoms with Crippen LogP contribution < -0.4 is 0 Å². The minimum absolute atomic E-state index is 1.13. The second-order valence-corrected chi connectivity index (χ2v) is 4.65. The summed E-state index contributed by atoms with van der Waals surface area (Å²) in [5.74, 6) is 0. The Bertz CT molecular complexity index is 172. The highest BCUT2D eigenvalue weighted by atomic mass is 16.5. The summed E-state index contributed by atoms with van der Waals surface area (Å²) < 4.78 is 4.91. The van der Waals surface area contributed by atoms with Crippen LogP contribution in [0, 0.1) is 0 Å². The Morgan fingerprint density at radius 1 is 0.824 bits per heavy atom. The van der Waals surface area contributed by atoms with E-state index in [9.17, 15) is 0 Å². The van der Waals surface area contributed by atoms with Gasteiger partial charge in [0, 0.05) is 0 Å². The fourth-order valence-corrected chi connectivity index (χ4v) is 1.93. The van der Waals surface area contributed by atoms with Crippen molar-refractivity contribution < 1.29 is 4.74 Å². The summed E-state index contributed by atoms with van der Waals surface area (Å²) in [5.41, 5.74) is 0. The second kappa shape index (κ2) is 15.3. The fraction of sp³-hybridized carbons (Fsp3) is 0.750. The van der Waals surface area contributed by atoms with Crippen molar-refractivity contribution in [2.75, 3.05) is 0 Å². The van der Waals surface area contributed by atoms with E-state index in [0.717, 1.165) is 6.42 Å². The van der Waals surface area contributed by atoms with Crippen LogP contribution in [0.4, 0.5) is 0 Å². The topological polar surface area (TPSA) is 9.23 Å². The van der Waals surface area contributed by atoms with E-state index in [0.29, 0.717) is 0 Å². The maximum absolute atomic E-state index is 4.91. The third kappa shape index (κ3) is 15.3. The van der Waals surface area contributed by atoms with Crippen LogP contribution in [0.15, 0.2) is 25.2 Å². The molecule has 0 aromatic rings. The molecule has 0 saturated carbocycles. The van der Waals surface area contributed by atoms with Gasteiger partial charge >= 0.3 is 0 Å². The first-order valence-corrected chi connectivity index (χ1v) is 7.33. The van der Waals surface area contributed by atoms with Gasteiger partial charge in [0.05, 0.1) is 12.5 Å². The normalized spacial score (nSPS) is 10.9. The maximum Gasteiger partial charge on any atom is 0.0861 e. The molecule has 0 unspecified atom stereocenters. The minimum atomic E-state index is 1.13. The molecule has 0 radical (unpaired) electrons. The van der Waals surface area contributed by atoms with E-state index in [4.69, 9.17) is 4.74 Å². The monoisotopic (exact) mass is 238 g/mol. The highest BCUT2D eigenvalue weighted by molar-refractivity contribution is 4.75. The molecule has 0 amide bonds. The van der Waals surface area contributed by atoms with Crippen LogP contribution >= 0.6 is 0 Å². The summed E-state index contributed by atoms with van der Waals surface area (Å²) in [5, 5.41) is 0. The third-order valence-electron chi connectivity index (χ3n) is 3.00. The van der Waals surface area contributed by atoms with Gasteiger partial charge in [0.25, 0.3) is 0 Å². The molecular formula is C16H30O. The van der Waals surface area contributed by atoms with Gasteiger partial charge in [-0.1, -0.05) is 71.3 Å². The van der Waals surface area contributed by atoms with Crippen LogP contribution in [0.2, 0.25) is 0 Å². The Kier molecular flexibility index (Phi) is 14.6. The minimum Gasteiger partial charge on any atom is -0.474 e. The third-order valence-corrected chi connectivity index (χ3v) is 3.00. The molecule has 0 atom stereocenters. The lowest BCUT2D eigenvalue weighted by Gasteiger charge is -2.01. The number of rotatable bonds is 13. The fourth-order valence-electron chi connectivity index (χ4n) is 1.93. The molecule has 0 aliphatic rings. The van der Waals surface area contributed by atoms with Crippen LogP contribution in [-0.2, 0) is 4.74 Å². The molecule has 0 N–H and O–H groups in total. The molecule has 100 valence electrons. The summed E-state index contributed by atoms with van der Waals surface area (Å²) in [6.07, 6.45) is 20.3.